The standard InChI is InChI=1S/C37H39F5N8O2/c1-3-28(51)50-16-35(17-50)8-10-47(11-9-35)33-25-12-24(22-5-6-22)30(29-21(2)4-7-27-26(29)13-43-46-27)32(52-20-37(40,41)42)31(25)44-34(45-33)48-14-23(15-48)49-18-36(38,39)19-49/h3-4,7,12-13,22-23H,1,5-6,8-11,14-20H2,2H3,(H,43,46). The van der Waals surface area contributed by atoms with Crippen LogP contribution in [0.5, 0.6) is 5.75 Å². The zero-order chi connectivity index (χ0) is 36.2. The molecule has 1 N–H and O–H groups in total. The van der Waals surface area contributed by atoms with E-state index in [2.05, 4.69) is 27.7 Å². The van der Waals surface area contributed by atoms with Crippen LogP contribution >= 0.6 is 0 Å². The summed E-state index contributed by atoms with van der Waals surface area (Å²) in [5.74, 6) is -1.63. The second-order valence-electron chi connectivity index (χ2n) is 15.4. The van der Waals surface area contributed by atoms with Crippen molar-refractivity contribution in [3.63, 3.8) is 0 Å². The number of amides is 1. The molecule has 0 atom stereocenters. The molecule has 52 heavy (non-hydrogen) atoms. The van der Waals surface area contributed by atoms with Gasteiger partial charge in [-0.05, 0) is 73.4 Å². The normalized spacial score (nSPS) is 21.7. The summed E-state index contributed by atoms with van der Waals surface area (Å²) in [6.07, 6.45) is 1.83. The van der Waals surface area contributed by atoms with Gasteiger partial charge in [0, 0.05) is 67.1 Å². The van der Waals surface area contributed by atoms with Crippen LogP contribution < -0.4 is 14.5 Å². The van der Waals surface area contributed by atoms with Crippen LogP contribution in [0.2, 0.25) is 0 Å². The van der Waals surface area contributed by atoms with E-state index >= 15 is 0 Å². The Balaban J connectivity index is 1.18. The molecule has 274 valence electrons. The molecule has 4 aromatic rings. The summed E-state index contributed by atoms with van der Waals surface area (Å²) in [5.41, 5.74) is 4.14. The summed E-state index contributed by atoms with van der Waals surface area (Å²) < 4.78 is 75.3. The molecule has 1 aliphatic carbocycles. The fourth-order valence-electron chi connectivity index (χ4n) is 8.55. The summed E-state index contributed by atoms with van der Waals surface area (Å²) in [7, 11) is 0. The molecule has 1 spiro atoms. The van der Waals surface area contributed by atoms with Crippen molar-refractivity contribution in [2.24, 2.45) is 5.41 Å². The van der Waals surface area contributed by atoms with Crippen LogP contribution in [-0.4, -0.2) is 113 Å². The van der Waals surface area contributed by atoms with Crippen LogP contribution in [-0.2, 0) is 4.79 Å². The smallest absolute Gasteiger partial charge is 0.422 e. The zero-order valence-corrected chi connectivity index (χ0v) is 28.8. The number of alkyl halides is 5. The number of piperidine rings is 1. The van der Waals surface area contributed by atoms with Crippen molar-refractivity contribution in [2.45, 2.75) is 56.7 Å². The van der Waals surface area contributed by atoms with Crippen molar-refractivity contribution < 1.29 is 31.5 Å². The third-order valence-electron chi connectivity index (χ3n) is 11.6. The first-order chi connectivity index (χ1) is 24.8. The Morgan fingerprint density at radius 2 is 1.77 bits per heavy atom. The van der Waals surface area contributed by atoms with Crippen LogP contribution in [0.1, 0.15) is 42.7 Å². The number of hydrogen-bond donors (Lipinski definition) is 1. The van der Waals surface area contributed by atoms with Gasteiger partial charge in [-0.15, -0.1) is 0 Å². The molecule has 9 rings (SSSR count). The van der Waals surface area contributed by atoms with Crippen molar-refractivity contribution >= 4 is 39.5 Å². The number of ether oxygens (including phenoxy) is 1. The minimum atomic E-state index is -4.61. The second-order valence-corrected chi connectivity index (χ2v) is 15.4. The Hall–Kier alpha value is -4.53. The van der Waals surface area contributed by atoms with E-state index < -0.39 is 18.7 Å². The fraction of sp³-hybridized carbons (Fsp3) is 0.514. The minimum Gasteiger partial charge on any atom is -0.481 e. The van der Waals surface area contributed by atoms with Gasteiger partial charge in [-0.25, -0.2) is 13.8 Å². The molecule has 0 radical (unpaired) electrons. The first kappa shape index (κ1) is 33.3. The molecule has 15 heteroatoms. The molecular formula is C37H39F5N8O2. The molecule has 5 fully saturated rings. The van der Waals surface area contributed by atoms with Crippen LogP contribution in [0.4, 0.5) is 33.7 Å². The lowest BCUT2D eigenvalue weighted by molar-refractivity contribution is -0.153. The summed E-state index contributed by atoms with van der Waals surface area (Å²) in [5, 5.41) is 8.64. The van der Waals surface area contributed by atoms with Crippen molar-refractivity contribution in [3.8, 4) is 16.9 Å². The molecule has 5 aliphatic rings. The molecule has 10 nitrogen and oxygen atoms in total. The molecule has 0 unspecified atom stereocenters. The number of hydrogen-bond acceptors (Lipinski definition) is 8. The van der Waals surface area contributed by atoms with E-state index in [-0.39, 0.29) is 47.6 Å². The van der Waals surface area contributed by atoms with Gasteiger partial charge in [0.1, 0.15) is 11.3 Å². The quantitative estimate of drug-likeness (QED) is 0.174. The van der Waals surface area contributed by atoms with Crippen molar-refractivity contribution in [1.82, 2.24) is 30.0 Å². The van der Waals surface area contributed by atoms with E-state index in [4.69, 9.17) is 14.7 Å². The lowest BCUT2D eigenvalue weighted by Crippen LogP contribution is -2.69. The van der Waals surface area contributed by atoms with E-state index in [1.165, 1.54) is 6.08 Å². The lowest BCUT2D eigenvalue weighted by atomic mass is 9.72. The van der Waals surface area contributed by atoms with Crippen molar-refractivity contribution in [1.29, 1.82) is 0 Å². The molecule has 1 saturated carbocycles. The number of nitrogens with one attached hydrogen (secondary N) is 1. The molecular weight excluding hydrogens is 683 g/mol. The third-order valence-corrected chi connectivity index (χ3v) is 11.6. The zero-order valence-electron chi connectivity index (χ0n) is 28.8. The van der Waals surface area contributed by atoms with E-state index in [1.807, 2.05) is 24.0 Å². The number of H-pyrrole nitrogens is 1. The largest absolute Gasteiger partial charge is 0.481 e. The van der Waals surface area contributed by atoms with Gasteiger partial charge in [0.25, 0.3) is 5.92 Å². The molecule has 1 amide bonds. The number of aryl methyl sites for hydroxylation is 1. The maximum absolute atomic E-state index is 14.0. The van der Waals surface area contributed by atoms with Gasteiger partial charge in [-0.1, -0.05) is 12.6 Å². The Morgan fingerprint density at radius 1 is 1.04 bits per heavy atom. The Labute approximate surface area is 296 Å². The lowest BCUT2D eigenvalue weighted by Gasteiger charge is -2.54. The number of rotatable bonds is 8. The maximum Gasteiger partial charge on any atom is 0.422 e. The summed E-state index contributed by atoms with van der Waals surface area (Å²) in [6.45, 7) is 6.92. The number of likely N-dealkylation sites (tertiary alicyclic amines) is 2. The number of carbonyl (C=O) groups is 1. The SMILES string of the molecule is C=CC(=O)N1CC2(CCN(c3nc(N4CC(N5CC(F)(F)C5)C4)nc4c(OCC(F)(F)F)c(-c5c(C)ccc6[nH]ncc56)c(C5CC5)cc34)CC2)C1. The maximum atomic E-state index is 14.0. The molecule has 6 heterocycles. The highest BCUT2D eigenvalue weighted by molar-refractivity contribution is 6.06. The van der Waals surface area contributed by atoms with Gasteiger partial charge in [-0.3, -0.25) is 14.8 Å². The van der Waals surface area contributed by atoms with Gasteiger partial charge in [0.15, 0.2) is 12.4 Å². The van der Waals surface area contributed by atoms with Crippen LogP contribution in [0.15, 0.2) is 37.1 Å². The average molecular weight is 723 g/mol. The van der Waals surface area contributed by atoms with Crippen LogP contribution in [0.3, 0.4) is 0 Å². The van der Waals surface area contributed by atoms with Gasteiger partial charge in [0.05, 0.1) is 24.8 Å². The number of aromatic nitrogens is 4. The number of halogens is 5. The van der Waals surface area contributed by atoms with Gasteiger partial charge < -0.3 is 19.4 Å². The predicted molar refractivity (Wildman–Crippen MR) is 186 cm³/mol. The number of benzene rings is 2. The summed E-state index contributed by atoms with van der Waals surface area (Å²) in [4.78, 5) is 29.9. The topological polar surface area (TPSA) is 93.7 Å². The Bertz CT molecular complexity index is 2080. The van der Waals surface area contributed by atoms with E-state index in [1.54, 1.807) is 16.0 Å². The number of anilines is 2. The molecule has 4 saturated heterocycles. The van der Waals surface area contributed by atoms with Gasteiger partial charge in [-0.2, -0.15) is 23.3 Å². The van der Waals surface area contributed by atoms with Gasteiger partial charge >= 0.3 is 6.18 Å². The number of aromatic amines is 1. The highest BCUT2D eigenvalue weighted by Gasteiger charge is 2.50. The first-order valence-electron chi connectivity index (χ1n) is 17.8. The molecule has 4 aliphatic heterocycles. The monoisotopic (exact) mass is 722 g/mol. The highest BCUT2D eigenvalue weighted by Crippen LogP contribution is 2.53. The fourth-order valence-corrected chi connectivity index (χ4v) is 8.55. The summed E-state index contributed by atoms with van der Waals surface area (Å²) >= 11 is 0. The van der Waals surface area contributed by atoms with Crippen LogP contribution in [0, 0.1) is 12.3 Å². The molecule has 2 aromatic carbocycles. The summed E-state index contributed by atoms with van der Waals surface area (Å²) in [6, 6.07) is 5.79. The third kappa shape index (κ3) is 5.71. The van der Waals surface area contributed by atoms with Crippen molar-refractivity contribution in [2.75, 3.05) is 68.8 Å². The Morgan fingerprint density at radius 3 is 2.42 bits per heavy atom. The van der Waals surface area contributed by atoms with E-state index in [0.717, 1.165) is 53.3 Å². The van der Waals surface area contributed by atoms with Crippen LogP contribution in [0.25, 0.3) is 32.9 Å². The number of nitrogens with zero attached hydrogens (tertiary/aromatic N) is 7. The minimum absolute atomic E-state index is 0.00106. The first-order valence-corrected chi connectivity index (χ1v) is 17.8. The Kier molecular flexibility index (Phi) is 7.52. The van der Waals surface area contributed by atoms with E-state index in [9.17, 15) is 26.7 Å². The molecule has 2 aromatic heterocycles. The molecule has 0 bridgehead atoms. The van der Waals surface area contributed by atoms with Gasteiger partial charge in [0.2, 0.25) is 11.9 Å². The predicted octanol–water partition coefficient (Wildman–Crippen LogP) is 6.05. The number of carbonyl (C=O) groups excluding carboxylic acids is 1. The highest BCUT2D eigenvalue weighted by atomic mass is 19.4. The van der Waals surface area contributed by atoms with Crippen molar-refractivity contribution in [3.05, 3.63) is 48.2 Å². The number of fused-ring (bicyclic) bond motifs is 2. The van der Waals surface area contributed by atoms with E-state index in [0.29, 0.717) is 62.0 Å². The average Bonchev–Trinajstić information content (AvgIpc) is 3.80. The second kappa shape index (κ2) is 11.7.